The molecule has 0 saturated heterocycles. The Morgan fingerprint density at radius 2 is 1.71 bits per heavy atom. The number of nitrogens with zero attached hydrogens (tertiary/aromatic N) is 2. The maximum atomic E-state index is 13.5. The van der Waals surface area contributed by atoms with Gasteiger partial charge in [0.05, 0.1) is 4.90 Å². The third-order valence-electron chi connectivity index (χ3n) is 7.04. The third-order valence-corrected chi connectivity index (χ3v) is 8.51. The lowest BCUT2D eigenvalue weighted by molar-refractivity contribution is -0.186. The fraction of sp³-hybridized carbons (Fsp3) is 0.467. The highest BCUT2D eigenvalue weighted by Crippen LogP contribution is 2.27. The first-order valence-electron chi connectivity index (χ1n) is 13.8. The molecule has 0 aromatic heterocycles. The second-order valence-corrected chi connectivity index (χ2v) is 13.4. The van der Waals surface area contributed by atoms with E-state index in [1.165, 1.54) is 18.2 Å². The van der Waals surface area contributed by atoms with Crippen LogP contribution in [0, 0.1) is 0 Å². The number of hydrogen-bond acceptors (Lipinski definition) is 6. The molecule has 0 bridgehead atoms. The molecule has 8 nitrogen and oxygen atoms in total. The van der Waals surface area contributed by atoms with Crippen molar-refractivity contribution < 1.29 is 35.9 Å². The molecule has 228 valence electrons. The van der Waals surface area contributed by atoms with Crippen molar-refractivity contribution in [2.75, 3.05) is 19.6 Å². The predicted octanol–water partition coefficient (Wildman–Crippen LogP) is 4.34. The Labute approximate surface area is 244 Å². The number of amides is 1. The van der Waals surface area contributed by atoms with Gasteiger partial charge in [0.2, 0.25) is 10.0 Å². The largest absolute Gasteiger partial charge is 0.471 e. The van der Waals surface area contributed by atoms with Crippen LogP contribution in [-0.2, 0) is 43.9 Å². The highest BCUT2D eigenvalue weighted by atomic mass is 32.2. The van der Waals surface area contributed by atoms with Gasteiger partial charge >= 0.3 is 18.1 Å². The first-order valence-corrected chi connectivity index (χ1v) is 15.3. The summed E-state index contributed by atoms with van der Waals surface area (Å²) >= 11 is 0. The zero-order valence-corrected chi connectivity index (χ0v) is 24.7. The van der Waals surface area contributed by atoms with Gasteiger partial charge in [-0.1, -0.05) is 48.0 Å². The van der Waals surface area contributed by atoms with Gasteiger partial charge in [0.25, 0.3) is 0 Å². The van der Waals surface area contributed by atoms with Gasteiger partial charge in [-0.15, -0.1) is 0 Å². The minimum absolute atomic E-state index is 0.0955. The number of ether oxygens (including phenoxy) is 1. The zero-order chi connectivity index (χ0) is 30.7. The molecule has 1 unspecified atom stereocenters. The van der Waals surface area contributed by atoms with Gasteiger partial charge < -0.3 is 9.64 Å². The van der Waals surface area contributed by atoms with Gasteiger partial charge in [0, 0.05) is 32.7 Å². The van der Waals surface area contributed by atoms with E-state index in [1.54, 1.807) is 20.8 Å². The number of carbonyl (C=O) groups is 2. The summed E-state index contributed by atoms with van der Waals surface area (Å²) in [6.07, 6.45) is -2.00. The van der Waals surface area contributed by atoms with Crippen molar-refractivity contribution in [2.24, 2.45) is 0 Å². The SMILES string of the molecule is CC(C)(C)OC(=O)C(CC1=CCCN(Cc2ccccc2)C1)NS(=O)(=O)c1ccc2c(c1)CN(C(=O)C(F)(F)F)CC2. The molecule has 1 atom stereocenters. The minimum Gasteiger partial charge on any atom is -0.459 e. The fourth-order valence-corrected chi connectivity index (χ4v) is 6.36. The van der Waals surface area contributed by atoms with Crippen LogP contribution in [0.25, 0.3) is 0 Å². The summed E-state index contributed by atoms with van der Waals surface area (Å²) in [5, 5.41) is 0. The van der Waals surface area contributed by atoms with E-state index in [2.05, 4.69) is 9.62 Å². The van der Waals surface area contributed by atoms with Crippen LogP contribution in [0.15, 0.2) is 65.1 Å². The van der Waals surface area contributed by atoms with E-state index in [1.807, 2.05) is 36.4 Å². The first kappa shape index (κ1) is 31.7. The van der Waals surface area contributed by atoms with Gasteiger partial charge in [-0.25, -0.2) is 8.42 Å². The topological polar surface area (TPSA) is 96.0 Å². The van der Waals surface area contributed by atoms with Gasteiger partial charge in [-0.2, -0.15) is 17.9 Å². The summed E-state index contributed by atoms with van der Waals surface area (Å²) in [4.78, 5) is 27.7. The summed E-state index contributed by atoms with van der Waals surface area (Å²) < 4.78 is 74.0. The Kier molecular flexibility index (Phi) is 9.49. The Balaban J connectivity index is 1.52. The van der Waals surface area contributed by atoms with Crippen molar-refractivity contribution >= 4 is 21.9 Å². The van der Waals surface area contributed by atoms with Crippen molar-refractivity contribution in [3.8, 4) is 0 Å². The maximum absolute atomic E-state index is 13.5. The molecule has 2 aliphatic rings. The normalized spacial score (nSPS) is 17.3. The number of rotatable bonds is 8. The van der Waals surface area contributed by atoms with Crippen LogP contribution >= 0.6 is 0 Å². The molecule has 2 aromatic carbocycles. The number of benzene rings is 2. The van der Waals surface area contributed by atoms with Crippen LogP contribution in [0.4, 0.5) is 13.2 Å². The van der Waals surface area contributed by atoms with Crippen LogP contribution in [0.1, 0.15) is 50.3 Å². The molecule has 1 amide bonds. The van der Waals surface area contributed by atoms with Gasteiger partial charge in [0.15, 0.2) is 0 Å². The predicted molar refractivity (Wildman–Crippen MR) is 151 cm³/mol. The molecule has 0 saturated carbocycles. The van der Waals surface area contributed by atoms with E-state index >= 15 is 0 Å². The second-order valence-electron chi connectivity index (χ2n) is 11.7. The lowest BCUT2D eigenvalue weighted by Gasteiger charge is -2.30. The second kappa shape index (κ2) is 12.6. The van der Waals surface area contributed by atoms with Gasteiger partial charge in [-0.3, -0.25) is 14.5 Å². The van der Waals surface area contributed by atoms with Crippen molar-refractivity contribution in [1.82, 2.24) is 14.5 Å². The van der Waals surface area contributed by atoms with Crippen LogP contribution in [0.5, 0.6) is 0 Å². The molecule has 42 heavy (non-hydrogen) atoms. The van der Waals surface area contributed by atoms with Crippen molar-refractivity contribution in [3.63, 3.8) is 0 Å². The monoisotopic (exact) mass is 607 g/mol. The van der Waals surface area contributed by atoms with Crippen LogP contribution in [0.2, 0.25) is 0 Å². The standard InChI is InChI=1S/C30H36F3N3O5S/c1-29(2,3)41-27(37)26(16-22-10-7-14-35(19-22)18-21-8-5-4-6-9-21)34-42(39,40)25-12-11-23-13-15-36(20-24(23)17-25)28(38)30(31,32)33/h4-6,8-12,17,26,34H,7,13-16,18-20H2,1-3H3. The maximum Gasteiger partial charge on any atom is 0.471 e. The number of alkyl halides is 3. The van der Waals surface area contributed by atoms with E-state index in [0.717, 1.165) is 24.1 Å². The summed E-state index contributed by atoms with van der Waals surface area (Å²) in [5.74, 6) is -2.70. The van der Waals surface area contributed by atoms with E-state index in [9.17, 15) is 31.2 Å². The molecular weight excluding hydrogens is 571 g/mol. The lowest BCUT2D eigenvalue weighted by Crippen LogP contribution is -2.45. The Hall–Kier alpha value is -3.22. The Morgan fingerprint density at radius 3 is 2.38 bits per heavy atom. The van der Waals surface area contributed by atoms with Crippen LogP contribution < -0.4 is 4.72 Å². The van der Waals surface area contributed by atoms with E-state index < -0.39 is 39.7 Å². The number of fused-ring (bicyclic) bond motifs is 1. The van der Waals surface area contributed by atoms with E-state index in [0.29, 0.717) is 29.1 Å². The summed E-state index contributed by atoms with van der Waals surface area (Å²) in [7, 11) is -4.29. The molecule has 1 N–H and O–H groups in total. The number of sulfonamides is 1. The molecule has 0 radical (unpaired) electrons. The van der Waals surface area contributed by atoms with Crippen molar-refractivity contribution in [2.45, 2.75) is 75.8 Å². The molecular formula is C30H36F3N3O5S. The number of hydrogen-bond donors (Lipinski definition) is 1. The number of carbonyl (C=O) groups excluding carboxylic acids is 2. The third kappa shape index (κ3) is 8.42. The summed E-state index contributed by atoms with van der Waals surface area (Å²) in [5.41, 5.74) is 2.15. The molecule has 4 rings (SSSR count). The molecule has 0 aliphatic carbocycles. The average molecular weight is 608 g/mol. The van der Waals surface area contributed by atoms with Gasteiger partial charge in [-0.05, 0) is 68.9 Å². The lowest BCUT2D eigenvalue weighted by atomic mass is 10.00. The smallest absolute Gasteiger partial charge is 0.459 e. The van der Waals surface area contributed by atoms with Crippen LogP contribution in [0.3, 0.4) is 0 Å². The molecule has 0 fully saturated rings. The highest BCUT2D eigenvalue weighted by Gasteiger charge is 2.43. The van der Waals surface area contributed by atoms with Crippen LogP contribution in [-0.4, -0.2) is 67.5 Å². The van der Waals surface area contributed by atoms with E-state index in [-0.39, 0.29) is 30.8 Å². The number of nitrogens with one attached hydrogen (secondary N) is 1. The van der Waals surface area contributed by atoms with Gasteiger partial charge in [0.1, 0.15) is 11.6 Å². The zero-order valence-electron chi connectivity index (χ0n) is 23.9. The summed E-state index contributed by atoms with van der Waals surface area (Å²) in [6.45, 7) is 6.68. The Morgan fingerprint density at radius 1 is 1.00 bits per heavy atom. The fourth-order valence-electron chi connectivity index (χ4n) is 5.12. The van der Waals surface area contributed by atoms with Crippen molar-refractivity contribution in [1.29, 1.82) is 0 Å². The number of esters is 1. The van der Waals surface area contributed by atoms with Crippen molar-refractivity contribution in [3.05, 3.63) is 76.9 Å². The Bertz CT molecular complexity index is 1440. The average Bonchev–Trinajstić information content (AvgIpc) is 2.91. The highest BCUT2D eigenvalue weighted by molar-refractivity contribution is 7.89. The molecule has 12 heteroatoms. The molecule has 2 aromatic rings. The number of halogens is 3. The quantitative estimate of drug-likeness (QED) is 0.354. The molecule has 0 spiro atoms. The van der Waals surface area contributed by atoms with E-state index in [4.69, 9.17) is 4.74 Å². The minimum atomic E-state index is -5.02. The first-order chi connectivity index (χ1) is 19.6. The summed E-state index contributed by atoms with van der Waals surface area (Å²) in [6, 6.07) is 12.9. The molecule has 2 heterocycles. The molecule has 2 aliphatic heterocycles.